The minimum absolute atomic E-state index is 0.243. The number of nitrogens with one attached hydrogen (secondary N) is 1. The standard InChI is InChI=1S/C13H17NO3/c1-9(2)6-7-14-12-8-10(17-3)4-5-11(12)13(15)16/h4-6,8,14H,7H2,1-3H3,(H,15,16). The van der Waals surface area contributed by atoms with Crippen LogP contribution >= 0.6 is 0 Å². The van der Waals surface area contributed by atoms with E-state index in [0.29, 0.717) is 18.0 Å². The SMILES string of the molecule is COc1ccc(C(=O)O)c(NCC=C(C)C)c1. The Kier molecular flexibility index (Phi) is 4.57. The molecule has 0 atom stereocenters. The third kappa shape index (κ3) is 3.83. The minimum Gasteiger partial charge on any atom is -0.497 e. The van der Waals surface area contributed by atoms with Crippen molar-refractivity contribution in [3.05, 3.63) is 35.4 Å². The van der Waals surface area contributed by atoms with Gasteiger partial charge in [0.25, 0.3) is 0 Å². The highest BCUT2D eigenvalue weighted by Gasteiger charge is 2.10. The predicted octanol–water partition coefficient (Wildman–Crippen LogP) is 2.77. The lowest BCUT2D eigenvalue weighted by Crippen LogP contribution is -2.06. The Bertz CT molecular complexity index is 434. The van der Waals surface area contributed by atoms with Gasteiger partial charge in [0, 0.05) is 12.6 Å². The number of carbonyl (C=O) groups is 1. The summed E-state index contributed by atoms with van der Waals surface area (Å²) in [5, 5.41) is 12.1. The molecule has 92 valence electrons. The molecule has 1 rings (SSSR count). The lowest BCUT2D eigenvalue weighted by Gasteiger charge is -2.09. The molecule has 17 heavy (non-hydrogen) atoms. The van der Waals surface area contributed by atoms with Crippen LogP contribution in [0.4, 0.5) is 5.69 Å². The van der Waals surface area contributed by atoms with Gasteiger partial charge in [-0.15, -0.1) is 0 Å². The summed E-state index contributed by atoms with van der Waals surface area (Å²) in [6, 6.07) is 4.85. The van der Waals surface area contributed by atoms with Crippen LogP contribution in [0.3, 0.4) is 0 Å². The smallest absolute Gasteiger partial charge is 0.337 e. The Morgan fingerprint density at radius 1 is 1.47 bits per heavy atom. The van der Waals surface area contributed by atoms with E-state index in [0.717, 1.165) is 0 Å². The quantitative estimate of drug-likeness (QED) is 0.770. The maximum absolute atomic E-state index is 11.0. The molecule has 0 amide bonds. The Hall–Kier alpha value is -1.97. The summed E-state index contributed by atoms with van der Waals surface area (Å²) < 4.78 is 5.07. The molecule has 2 N–H and O–H groups in total. The number of hydrogen-bond donors (Lipinski definition) is 2. The molecule has 0 spiro atoms. The molecule has 0 bridgehead atoms. The molecule has 0 heterocycles. The molecule has 0 fully saturated rings. The highest BCUT2D eigenvalue weighted by molar-refractivity contribution is 5.94. The third-order valence-corrected chi connectivity index (χ3v) is 2.26. The molecule has 4 nitrogen and oxygen atoms in total. The molecular weight excluding hydrogens is 218 g/mol. The molecule has 0 aliphatic heterocycles. The summed E-state index contributed by atoms with van der Waals surface area (Å²) in [4.78, 5) is 11.0. The number of allylic oxidation sites excluding steroid dienone is 1. The second-order valence-electron chi connectivity index (χ2n) is 3.88. The number of benzene rings is 1. The first-order chi connectivity index (χ1) is 8.04. The maximum Gasteiger partial charge on any atom is 0.337 e. The van der Waals surface area contributed by atoms with Gasteiger partial charge in [0.15, 0.2) is 0 Å². The molecule has 4 heteroatoms. The highest BCUT2D eigenvalue weighted by Crippen LogP contribution is 2.22. The van der Waals surface area contributed by atoms with E-state index in [1.165, 1.54) is 11.6 Å². The Morgan fingerprint density at radius 2 is 2.18 bits per heavy atom. The average molecular weight is 235 g/mol. The zero-order chi connectivity index (χ0) is 12.8. The number of hydrogen-bond acceptors (Lipinski definition) is 3. The third-order valence-electron chi connectivity index (χ3n) is 2.26. The van der Waals surface area contributed by atoms with Gasteiger partial charge in [-0.2, -0.15) is 0 Å². The van der Waals surface area contributed by atoms with Crippen molar-refractivity contribution in [3.8, 4) is 5.75 Å². The fraction of sp³-hybridized carbons (Fsp3) is 0.308. The summed E-state index contributed by atoms with van der Waals surface area (Å²) in [5.41, 5.74) is 1.99. The number of methoxy groups -OCH3 is 1. The van der Waals surface area contributed by atoms with E-state index in [2.05, 4.69) is 5.32 Å². The van der Waals surface area contributed by atoms with Crippen molar-refractivity contribution in [1.82, 2.24) is 0 Å². The fourth-order valence-corrected chi connectivity index (χ4v) is 1.35. The first-order valence-electron chi connectivity index (χ1n) is 5.33. The number of ether oxygens (including phenoxy) is 1. The van der Waals surface area contributed by atoms with E-state index in [1.54, 1.807) is 19.2 Å². The number of carboxylic acids is 1. The van der Waals surface area contributed by atoms with E-state index in [-0.39, 0.29) is 5.56 Å². The largest absolute Gasteiger partial charge is 0.497 e. The van der Waals surface area contributed by atoms with Gasteiger partial charge in [-0.25, -0.2) is 4.79 Å². The van der Waals surface area contributed by atoms with Crippen LogP contribution in [0.2, 0.25) is 0 Å². The monoisotopic (exact) mass is 235 g/mol. The Balaban J connectivity index is 2.93. The predicted molar refractivity (Wildman–Crippen MR) is 67.9 cm³/mol. The first kappa shape index (κ1) is 13.1. The van der Waals surface area contributed by atoms with Crippen LogP contribution in [0.25, 0.3) is 0 Å². The molecule has 0 radical (unpaired) electrons. The van der Waals surface area contributed by atoms with Crippen molar-refractivity contribution >= 4 is 11.7 Å². The number of rotatable bonds is 5. The van der Waals surface area contributed by atoms with Gasteiger partial charge >= 0.3 is 5.97 Å². The van der Waals surface area contributed by atoms with Crippen LogP contribution in [-0.4, -0.2) is 24.7 Å². The second-order valence-corrected chi connectivity index (χ2v) is 3.88. The van der Waals surface area contributed by atoms with Gasteiger partial charge in [0.05, 0.1) is 18.4 Å². The zero-order valence-electron chi connectivity index (χ0n) is 10.3. The minimum atomic E-state index is -0.952. The lowest BCUT2D eigenvalue weighted by molar-refractivity contribution is 0.0698. The average Bonchev–Trinajstić information content (AvgIpc) is 2.28. The molecule has 1 aromatic rings. The van der Waals surface area contributed by atoms with Gasteiger partial charge < -0.3 is 15.2 Å². The Labute approximate surface area is 101 Å². The van der Waals surface area contributed by atoms with E-state index in [9.17, 15) is 4.79 Å². The normalized spacial score (nSPS) is 9.59. The van der Waals surface area contributed by atoms with Gasteiger partial charge in [-0.3, -0.25) is 0 Å². The molecule has 0 aliphatic carbocycles. The molecule has 0 aromatic heterocycles. The van der Waals surface area contributed by atoms with Crippen molar-refractivity contribution in [1.29, 1.82) is 0 Å². The zero-order valence-corrected chi connectivity index (χ0v) is 10.3. The van der Waals surface area contributed by atoms with Crippen LogP contribution in [0, 0.1) is 0 Å². The van der Waals surface area contributed by atoms with Crippen molar-refractivity contribution in [2.75, 3.05) is 19.0 Å². The van der Waals surface area contributed by atoms with E-state index < -0.39 is 5.97 Å². The summed E-state index contributed by atoms with van der Waals surface area (Å²) in [5.74, 6) is -0.318. The molecule has 0 aliphatic rings. The number of anilines is 1. The molecule has 0 saturated heterocycles. The van der Waals surface area contributed by atoms with Gasteiger partial charge in [-0.05, 0) is 26.0 Å². The van der Waals surface area contributed by atoms with Crippen LogP contribution < -0.4 is 10.1 Å². The lowest BCUT2D eigenvalue weighted by atomic mass is 10.1. The van der Waals surface area contributed by atoms with Crippen molar-refractivity contribution < 1.29 is 14.6 Å². The highest BCUT2D eigenvalue weighted by atomic mass is 16.5. The summed E-state index contributed by atoms with van der Waals surface area (Å²) >= 11 is 0. The molecular formula is C13H17NO3. The molecule has 0 unspecified atom stereocenters. The van der Waals surface area contributed by atoms with E-state index >= 15 is 0 Å². The van der Waals surface area contributed by atoms with Crippen LogP contribution in [0.15, 0.2) is 29.8 Å². The topological polar surface area (TPSA) is 58.6 Å². The first-order valence-corrected chi connectivity index (χ1v) is 5.33. The fourth-order valence-electron chi connectivity index (χ4n) is 1.35. The number of aromatic carboxylic acids is 1. The van der Waals surface area contributed by atoms with Gasteiger partial charge in [0.1, 0.15) is 5.75 Å². The van der Waals surface area contributed by atoms with Gasteiger partial charge in [0.2, 0.25) is 0 Å². The van der Waals surface area contributed by atoms with Crippen LogP contribution in [0.5, 0.6) is 5.75 Å². The van der Waals surface area contributed by atoms with Gasteiger partial charge in [-0.1, -0.05) is 11.6 Å². The second kappa shape index (κ2) is 5.94. The van der Waals surface area contributed by atoms with Crippen LogP contribution in [-0.2, 0) is 0 Å². The number of carboxylic acid groups (broad SMARTS) is 1. The summed E-state index contributed by atoms with van der Waals surface area (Å²) in [7, 11) is 1.55. The van der Waals surface area contributed by atoms with Crippen LogP contribution in [0.1, 0.15) is 24.2 Å². The maximum atomic E-state index is 11.0. The summed E-state index contributed by atoms with van der Waals surface area (Å²) in [6.45, 7) is 4.58. The van der Waals surface area contributed by atoms with Crippen molar-refractivity contribution in [2.45, 2.75) is 13.8 Å². The molecule has 1 aromatic carbocycles. The Morgan fingerprint density at radius 3 is 2.71 bits per heavy atom. The van der Waals surface area contributed by atoms with E-state index in [1.807, 2.05) is 19.9 Å². The summed E-state index contributed by atoms with van der Waals surface area (Å²) in [6.07, 6.45) is 1.99. The van der Waals surface area contributed by atoms with Crippen molar-refractivity contribution in [3.63, 3.8) is 0 Å². The molecule has 0 saturated carbocycles. The van der Waals surface area contributed by atoms with E-state index in [4.69, 9.17) is 9.84 Å². The van der Waals surface area contributed by atoms with Crippen molar-refractivity contribution in [2.24, 2.45) is 0 Å².